The van der Waals surface area contributed by atoms with Gasteiger partial charge >= 0.3 is 0 Å². The summed E-state index contributed by atoms with van der Waals surface area (Å²) in [4.78, 5) is 15.6. The minimum Gasteiger partial charge on any atom is -0.385 e. The van der Waals surface area contributed by atoms with Crippen LogP contribution in [0.1, 0.15) is 22.3 Å². The third-order valence-corrected chi connectivity index (χ3v) is 3.29. The molecule has 2 heterocycles. The number of aromatic nitrogens is 1. The molecule has 1 aliphatic rings. The molecule has 0 unspecified atom stereocenters. The highest BCUT2D eigenvalue weighted by molar-refractivity contribution is 6.04. The summed E-state index contributed by atoms with van der Waals surface area (Å²) in [5.41, 5.74) is 3.32. The number of nitrogens with zero attached hydrogens (tertiary/aromatic N) is 1. The zero-order chi connectivity index (χ0) is 13.9. The van der Waals surface area contributed by atoms with Gasteiger partial charge in [-0.2, -0.15) is 4.39 Å². The summed E-state index contributed by atoms with van der Waals surface area (Å²) in [6, 6.07) is 8.30. The van der Waals surface area contributed by atoms with E-state index in [1.807, 2.05) is 12.1 Å². The van der Waals surface area contributed by atoms with Crippen LogP contribution in [0.25, 0.3) is 0 Å². The van der Waals surface area contributed by atoms with Gasteiger partial charge in [-0.05, 0) is 48.7 Å². The predicted octanol–water partition coefficient (Wildman–Crippen LogP) is 2.83. The van der Waals surface area contributed by atoms with Gasteiger partial charge in [0.05, 0.1) is 11.9 Å². The third kappa shape index (κ3) is 2.61. The zero-order valence-corrected chi connectivity index (χ0v) is 10.8. The highest BCUT2D eigenvalue weighted by Gasteiger charge is 2.12. The highest BCUT2D eigenvalue weighted by Crippen LogP contribution is 2.23. The van der Waals surface area contributed by atoms with Gasteiger partial charge in [0.1, 0.15) is 0 Å². The number of fused-ring (bicyclic) bond motifs is 1. The van der Waals surface area contributed by atoms with Crippen molar-refractivity contribution in [1.82, 2.24) is 4.98 Å². The molecule has 0 spiro atoms. The van der Waals surface area contributed by atoms with Crippen molar-refractivity contribution in [2.24, 2.45) is 0 Å². The van der Waals surface area contributed by atoms with Gasteiger partial charge in [-0.15, -0.1) is 0 Å². The molecular formula is C15H14FN3O. The normalized spacial score (nSPS) is 13.2. The van der Waals surface area contributed by atoms with E-state index in [2.05, 4.69) is 15.6 Å². The lowest BCUT2D eigenvalue weighted by atomic mass is 10.0. The maximum absolute atomic E-state index is 12.7. The fraction of sp³-hybridized carbons (Fsp3) is 0.200. The second kappa shape index (κ2) is 5.28. The first-order valence-electron chi connectivity index (χ1n) is 6.52. The lowest BCUT2D eigenvalue weighted by Crippen LogP contribution is -2.15. The Morgan fingerprint density at radius 1 is 1.30 bits per heavy atom. The van der Waals surface area contributed by atoms with Crippen LogP contribution >= 0.6 is 0 Å². The first kappa shape index (κ1) is 12.6. The Morgan fingerprint density at radius 3 is 3.00 bits per heavy atom. The molecule has 0 fully saturated rings. The highest BCUT2D eigenvalue weighted by atomic mass is 19.1. The van der Waals surface area contributed by atoms with Crippen molar-refractivity contribution in [3.05, 3.63) is 53.6 Å². The monoisotopic (exact) mass is 271 g/mol. The third-order valence-electron chi connectivity index (χ3n) is 3.29. The number of anilines is 2. The maximum atomic E-state index is 12.7. The molecule has 102 valence electrons. The Labute approximate surface area is 116 Å². The minimum absolute atomic E-state index is 0.216. The maximum Gasteiger partial charge on any atom is 0.255 e. The average molecular weight is 271 g/mol. The molecule has 2 aromatic rings. The van der Waals surface area contributed by atoms with Crippen molar-refractivity contribution < 1.29 is 9.18 Å². The SMILES string of the molecule is O=C(Nc1ccc(F)nc1)c1ccc2c(c1)CCCN2. The fourth-order valence-electron chi connectivity index (χ4n) is 2.27. The van der Waals surface area contributed by atoms with Crippen molar-refractivity contribution >= 4 is 17.3 Å². The summed E-state index contributed by atoms with van der Waals surface area (Å²) in [6.45, 7) is 0.972. The summed E-state index contributed by atoms with van der Waals surface area (Å²) in [5, 5.41) is 6.01. The Kier molecular flexibility index (Phi) is 3.33. The second-order valence-corrected chi connectivity index (χ2v) is 4.73. The number of pyridine rings is 1. The molecule has 0 saturated heterocycles. The number of carbonyl (C=O) groups excluding carboxylic acids is 1. The van der Waals surface area contributed by atoms with E-state index < -0.39 is 5.95 Å². The number of halogens is 1. The van der Waals surface area contributed by atoms with Crippen LogP contribution in [0.3, 0.4) is 0 Å². The van der Waals surface area contributed by atoms with Gasteiger partial charge in [-0.25, -0.2) is 4.98 Å². The summed E-state index contributed by atoms with van der Waals surface area (Å²) in [6.07, 6.45) is 3.34. The van der Waals surface area contributed by atoms with Gasteiger partial charge in [0, 0.05) is 17.8 Å². The van der Waals surface area contributed by atoms with Gasteiger partial charge in [0.15, 0.2) is 0 Å². The molecule has 0 radical (unpaired) electrons. The summed E-state index contributed by atoms with van der Waals surface area (Å²) in [7, 11) is 0. The number of carbonyl (C=O) groups is 1. The van der Waals surface area contributed by atoms with Crippen molar-refractivity contribution in [2.75, 3.05) is 17.2 Å². The van der Waals surface area contributed by atoms with E-state index in [-0.39, 0.29) is 5.91 Å². The van der Waals surface area contributed by atoms with Crippen LogP contribution < -0.4 is 10.6 Å². The number of nitrogens with one attached hydrogen (secondary N) is 2. The first-order chi connectivity index (χ1) is 9.72. The van der Waals surface area contributed by atoms with Gasteiger partial charge in [0.2, 0.25) is 5.95 Å². The molecule has 1 aromatic heterocycles. The number of aryl methyl sites for hydroxylation is 1. The number of hydrogen-bond acceptors (Lipinski definition) is 3. The lowest BCUT2D eigenvalue weighted by Gasteiger charge is -2.18. The molecular weight excluding hydrogens is 257 g/mol. The van der Waals surface area contributed by atoms with E-state index in [9.17, 15) is 9.18 Å². The van der Waals surface area contributed by atoms with E-state index in [4.69, 9.17) is 0 Å². The molecule has 2 N–H and O–H groups in total. The van der Waals surface area contributed by atoms with Gasteiger partial charge in [-0.1, -0.05) is 0 Å². The van der Waals surface area contributed by atoms with E-state index in [1.54, 1.807) is 6.07 Å². The Bertz CT molecular complexity index is 640. The molecule has 1 aliphatic heterocycles. The standard InChI is InChI=1S/C15H14FN3O/c16-14-6-4-12(9-18-14)19-15(20)11-3-5-13-10(8-11)2-1-7-17-13/h3-6,8-9,17H,1-2,7H2,(H,19,20). The topological polar surface area (TPSA) is 54.0 Å². The second-order valence-electron chi connectivity index (χ2n) is 4.73. The molecule has 20 heavy (non-hydrogen) atoms. The molecule has 1 amide bonds. The average Bonchev–Trinajstić information content (AvgIpc) is 2.49. The van der Waals surface area contributed by atoms with Crippen LogP contribution in [0.4, 0.5) is 15.8 Å². The zero-order valence-electron chi connectivity index (χ0n) is 10.8. The smallest absolute Gasteiger partial charge is 0.255 e. The number of amides is 1. The lowest BCUT2D eigenvalue weighted by molar-refractivity contribution is 0.102. The minimum atomic E-state index is -0.567. The Morgan fingerprint density at radius 2 is 2.20 bits per heavy atom. The quantitative estimate of drug-likeness (QED) is 0.826. The first-order valence-corrected chi connectivity index (χ1v) is 6.52. The van der Waals surface area contributed by atoms with Gasteiger partial charge < -0.3 is 10.6 Å². The van der Waals surface area contributed by atoms with E-state index in [0.717, 1.165) is 30.6 Å². The summed E-state index contributed by atoms with van der Waals surface area (Å²) < 4.78 is 12.7. The predicted molar refractivity (Wildman–Crippen MR) is 75.4 cm³/mol. The van der Waals surface area contributed by atoms with Crippen molar-refractivity contribution in [2.45, 2.75) is 12.8 Å². The van der Waals surface area contributed by atoms with Crippen LogP contribution in [0.15, 0.2) is 36.5 Å². The molecule has 5 heteroatoms. The largest absolute Gasteiger partial charge is 0.385 e. The van der Waals surface area contributed by atoms with Gasteiger partial charge in [-0.3, -0.25) is 4.79 Å². The van der Waals surface area contributed by atoms with Gasteiger partial charge in [0.25, 0.3) is 5.91 Å². The Balaban J connectivity index is 1.78. The fourth-order valence-corrected chi connectivity index (χ4v) is 2.27. The number of rotatable bonds is 2. The molecule has 3 rings (SSSR count). The summed E-state index contributed by atoms with van der Waals surface area (Å²) in [5.74, 6) is -0.783. The molecule has 1 aromatic carbocycles. The molecule has 0 aliphatic carbocycles. The van der Waals surface area contributed by atoms with Crippen LogP contribution in [-0.2, 0) is 6.42 Å². The Hall–Kier alpha value is -2.43. The van der Waals surface area contributed by atoms with Crippen molar-refractivity contribution in [3.8, 4) is 0 Å². The molecule has 0 saturated carbocycles. The van der Waals surface area contributed by atoms with E-state index in [1.165, 1.54) is 18.3 Å². The van der Waals surface area contributed by atoms with Crippen LogP contribution in [0, 0.1) is 5.95 Å². The molecule has 0 bridgehead atoms. The van der Waals surface area contributed by atoms with E-state index >= 15 is 0 Å². The van der Waals surface area contributed by atoms with Crippen molar-refractivity contribution in [3.63, 3.8) is 0 Å². The summed E-state index contributed by atoms with van der Waals surface area (Å²) >= 11 is 0. The van der Waals surface area contributed by atoms with Crippen LogP contribution in [0.2, 0.25) is 0 Å². The molecule has 0 atom stereocenters. The number of hydrogen-bond donors (Lipinski definition) is 2. The number of benzene rings is 1. The van der Waals surface area contributed by atoms with Crippen LogP contribution in [0.5, 0.6) is 0 Å². The van der Waals surface area contributed by atoms with E-state index in [0.29, 0.717) is 11.3 Å². The van der Waals surface area contributed by atoms with Crippen LogP contribution in [-0.4, -0.2) is 17.4 Å². The molecule has 4 nitrogen and oxygen atoms in total. The van der Waals surface area contributed by atoms with Crippen molar-refractivity contribution in [1.29, 1.82) is 0 Å².